The molecule has 128 valence electrons. The molecule has 6 nitrogen and oxygen atoms in total. The highest BCUT2D eigenvalue weighted by atomic mass is 32.2. The van der Waals surface area contributed by atoms with Crippen molar-refractivity contribution in [3.05, 3.63) is 0 Å². The molecule has 0 aromatic heterocycles. The summed E-state index contributed by atoms with van der Waals surface area (Å²) in [4.78, 5) is 42.6. The van der Waals surface area contributed by atoms with E-state index in [-0.39, 0.29) is 29.7 Å². The van der Waals surface area contributed by atoms with Crippen molar-refractivity contribution in [3.63, 3.8) is 0 Å². The molecule has 0 spiro atoms. The summed E-state index contributed by atoms with van der Waals surface area (Å²) in [5.41, 5.74) is 0. The Hall–Kier alpha value is -1.24. The lowest BCUT2D eigenvalue weighted by Crippen LogP contribution is -2.49. The summed E-state index contributed by atoms with van der Waals surface area (Å²) < 4.78 is 0. The first-order valence-corrected chi connectivity index (χ1v) is 9.57. The molecule has 2 aliphatic heterocycles. The minimum atomic E-state index is -0.370. The summed E-state index contributed by atoms with van der Waals surface area (Å²) in [6.07, 6.45) is 2.70. The number of hydrogen-bond acceptors (Lipinski definition) is 4. The van der Waals surface area contributed by atoms with Crippen molar-refractivity contribution in [2.75, 3.05) is 38.3 Å². The van der Waals surface area contributed by atoms with Crippen LogP contribution in [0.15, 0.2) is 0 Å². The lowest BCUT2D eigenvalue weighted by molar-refractivity contribution is -0.144. The molecule has 3 amide bonds. The fourth-order valence-corrected chi connectivity index (χ4v) is 4.39. The second-order valence-electron chi connectivity index (χ2n) is 6.82. The van der Waals surface area contributed by atoms with Crippen molar-refractivity contribution in [2.24, 2.45) is 11.8 Å². The molecule has 0 aromatic carbocycles. The highest BCUT2D eigenvalue weighted by Gasteiger charge is 2.43. The average Bonchev–Trinajstić information content (AvgIpc) is 3.09. The fourth-order valence-electron chi connectivity index (χ4n) is 3.24. The van der Waals surface area contributed by atoms with Gasteiger partial charge in [-0.2, -0.15) is 0 Å². The molecule has 0 radical (unpaired) electrons. The van der Waals surface area contributed by atoms with Crippen molar-refractivity contribution in [1.82, 2.24) is 14.7 Å². The number of thioether (sulfide) groups is 1. The highest BCUT2D eigenvalue weighted by molar-refractivity contribution is 7.99. The number of hydrogen-bond donors (Lipinski definition) is 0. The van der Waals surface area contributed by atoms with Crippen molar-refractivity contribution in [1.29, 1.82) is 0 Å². The maximum atomic E-state index is 12.8. The van der Waals surface area contributed by atoms with Crippen LogP contribution >= 0.6 is 11.8 Å². The molecular formula is C16H25N3O3S. The first kappa shape index (κ1) is 16.6. The zero-order valence-corrected chi connectivity index (χ0v) is 14.7. The molecule has 0 aromatic rings. The molecule has 3 aliphatic rings. The van der Waals surface area contributed by atoms with Crippen molar-refractivity contribution < 1.29 is 14.4 Å². The van der Waals surface area contributed by atoms with Gasteiger partial charge in [0, 0.05) is 38.9 Å². The van der Waals surface area contributed by atoms with Crippen LogP contribution in [0, 0.1) is 11.8 Å². The monoisotopic (exact) mass is 339 g/mol. The van der Waals surface area contributed by atoms with Crippen LogP contribution < -0.4 is 0 Å². The van der Waals surface area contributed by atoms with E-state index in [0.717, 1.165) is 6.54 Å². The SMILES string of the molecule is CCN(C)C(=O)C1CSCN1C(=O)C1CC(=O)N(CC2CC2)C1. The second kappa shape index (κ2) is 6.71. The molecule has 3 fully saturated rings. The van der Waals surface area contributed by atoms with Gasteiger partial charge in [0.25, 0.3) is 0 Å². The van der Waals surface area contributed by atoms with Crippen LogP contribution in [0.3, 0.4) is 0 Å². The standard InChI is InChI=1S/C16H25N3O3S/c1-3-17(2)16(22)13-9-23-10-19(13)15(21)12-6-14(20)18(8-12)7-11-4-5-11/h11-13H,3-10H2,1-2H3. The van der Waals surface area contributed by atoms with Crippen LogP contribution in [0.2, 0.25) is 0 Å². The zero-order valence-electron chi connectivity index (χ0n) is 13.9. The maximum absolute atomic E-state index is 12.8. The van der Waals surface area contributed by atoms with E-state index in [4.69, 9.17) is 0 Å². The van der Waals surface area contributed by atoms with E-state index in [1.54, 1.807) is 28.6 Å². The van der Waals surface area contributed by atoms with Crippen LogP contribution in [0.1, 0.15) is 26.2 Å². The van der Waals surface area contributed by atoms with Gasteiger partial charge < -0.3 is 14.7 Å². The molecule has 1 aliphatic carbocycles. The summed E-state index contributed by atoms with van der Waals surface area (Å²) in [6, 6.07) is -0.370. The third kappa shape index (κ3) is 3.49. The Labute approximate surface area is 141 Å². The maximum Gasteiger partial charge on any atom is 0.245 e. The Morgan fingerprint density at radius 1 is 1.35 bits per heavy atom. The molecule has 0 N–H and O–H groups in total. The van der Waals surface area contributed by atoms with Gasteiger partial charge in [0.2, 0.25) is 17.7 Å². The van der Waals surface area contributed by atoms with Crippen molar-refractivity contribution in [3.8, 4) is 0 Å². The van der Waals surface area contributed by atoms with Crippen LogP contribution in [-0.2, 0) is 14.4 Å². The van der Waals surface area contributed by atoms with Gasteiger partial charge in [-0.05, 0) is 25.7 Å². The number of likely N-dealkylation sites (tertiary alicyclic amines) is 1. The van der Waals surface area contributed by atoms with Gasteiger partial charge in [0.1, 0.15) is 6.04 Å². The van der Waals surface area contributed by atoms with E-state index in [0.29, 0.717) is 37.1 Å². The summed E-state index contributed by atoms with van der Waals surface area (Å²) in [7, 11) is 1.77. The molecule has 2 atom stereocenters. The first-order chi connectivity index (χ1) is 11.0. The van der Waals surface area contributed by atoms with Crippen LogP contribution in [0.25, 0.3) is 0 Å². The Balaban J connectivity index is 1.62. The second-order valence-corrected chi connectivity index (χ2v) is 7.82. The average molecular weight is 339 g/mol. The van der Waals surface area contributed by atoms with Gasteiger partial charge in [-0.1, -0.05) is 0 Å². The number of rotatable bonds is 5. The smallest absolute Gasteiger partial charge is 0.245 e. The third-order valence-electron chi connectivity index (χ3n) is 5.04. The molecule has 2 heterocycles. The highest BCUT2D eigenvalue weighted by Crippen LogP contribution is 2.33. The number of carbonyl (C=O) groups is 3. The quantitative estimate of drug-likeness (QED) is 0.737. The van der Waals surface area contributed by atoms with Gasteiger partial charge in [0.05, 0.1) is 11.8 Å². The van der Waals surface area contributed by atoms with E-state index in [2.05, 4.69) is 0 Å². The summed E-state index contributed by atoms with van der Waals surface area (Å²) in [6.45, 7) is 3.90. The zero-order chi connectivity index (χ0) is 16.6. The van der Waals surface area contributed by atoms with Crippen LogP contribution in [0.5, 0.6) is 0 Å². The topological polar surface area (TPSA) is 60.9 Å². The van der Waals surface area contributed by atoms with Gasteiger partial charge in [-0.3, -0.25) is 14.4 Å². The van der Waals surface area contributed by atoms with E-state index in [1.807, 2.05) is 11.8 Å². The molecule has 3 rings (SSSR count). The molecule has 2 saturated heterocycles. The van der Waals surface area contributed by atoms with E-state index in [1.165, 1.54) is 12.8 Å². The normalized spacial score (nSPS) is 27.7. The Kier molecular flexibility index (Phi) is 4.85. The molecule has 1 saturated carbocycles. The Morgan fingerprint density at radius 3 is 2.74 bits per heavy atom. The van der Waals surface area contributed by atoms with E-state index < -0.39 is 0 Å². The molecule has 2 unspecified atom stereocenters. The van der Waals surface area contributed by atoms with Crippen LogP contribution in [0.4, 0.5) is 0 Å². The van der Waals surface area contributed by atoms with Gasteiger partial charge in [-0.25, -0.2) is 0 Å². The Morgan fingerprint density at radius 2 is 2.09 bits per heavy atom. The molecule has 23 heavy (non-hydrogen) atoms. The van der Waals surface area contributed by atoms with E-state index >= 15 is 0 Å². The first-order valence-electron chi connectivity index (χ1n) is 8.42. The Bertz CT molecular complexity index is 509. The van der Waals surface area contributed by atoms with Gasteiger partial charge in [-0.15, -0.1) is 11.8 Å². The number of carbonyl (C=O) groups excluding carboxylic acids is 3. The largest absolute Gasteiger partial charge is 0.344 e. The minimum Gasteiger partial charge on any atom is -0.344 e. The van der Waals surface area contributed by atoms with Crippen LogP contribution in [-0.4, -0.2) is 76.8 Å². The van der Waals surface area contributed by atoms with Gasteiger partial charge >= 0.3 is 0 Å². The molecule has 7 heteroatoms. The summed E-state index contributed by atoms with van der Waals surface area (Å²) in [5, 5.41) is 0. The van der Waals surface area contributed by atoms with Gasteiger partial charge in [0.15, 0.2) is 0 Å². The summed E-state index contributed by atoms with van der Waals surface area (Å²) >= 11 is 1.61. The molecule has 0 bridgehead atoms. The number of nitrogens with zero attached hydrogens (tertiary/aromatic N) is 3. The van der Waals surface area contributed by atoms with E-state index in [9.17, 15) is 14.4 Å². The predicted molar refractivity (Wildman–Crippen MR) is 88.7 cm³/mol. The van der Waals surface area contributed by atoms with Crippen molar-refractivity contribution in [2.45, 2.75) is 32.2 Å². The lowest BCUT2D eigenvalue weighted by atomic mass is 10.1. The summed E-state index contributed by atoms with van der Waals surface area (Å²) in [5.74, 6) is 1.65. The minimum absolute atomic E-state index is 0.00464. The fraction of sp³-hybridized carbons (Fsp3) is 0.812. The molecular weight excluding hydrogens is 314 g/mol. The van der Waals surface area contributed by atoms with Crippen molar-refractivity contribution >= 4 is 29.5 Å². The predicted octanol–water partition coefficient (Wildman–Crippen LogP) is 0.625. The number of amides is 3. The lowest BCUT2D eigenvalue weighted by Gasteiger charge is -2.28. The third-order valence-corrected chi connectivity index (χ3v) is 6.05. The number of likely N-dealkylation sites (N-methyl/N-ethyl adjacent to an activating group) is 1.